The summed E-state index contributed by atoms with van der Waals surface area (Å²) in [5.41, 5.74) is 0. The van der Waals surface area contributed by atoms with Crippen molar-refractivity contribution < 1.29 is 23.8 Å². The minimum atomic E-state index is -0.826. The first-order valence-corrected chi connectivity index (χ1v) is 5.32. The van der Waals surface area contributed by atoms with Crippen molar-refractivity contribution in [1.29, 1.82) is 0 Å². The van der Waals surface area contributed by atoms with Crippen LogP contribution in [-0.4, -0.2) is 41.6 Å². The number of aromatic nitrogens is 2. The zero-order valence-electron chi connectivity index (χ0n) is 9.72. The largest absolute Gasteiger partial charge is 0.481 e. The fraction of sp³-hybridized carbons (Fsp3) is 0.700. The summed E-state index contributed by atoms with van der Waals surface area (Å²) < 4.78 is 15.3. The van der Waals surface area contributed by atoms with Gasteiger partial charge in [-0.05, 0) is 6.42 Å². The van der Waals surface area contributed by atoms with Gasteiger partial charge in [-0.3, -0.25) is 4.79 Å². The normalized spacial score (nSPS) is 10.6. The molecule has 0 radical (unpaired) electrons. The highest BCUT2D eigenvalue weighted by atomic mass is 16.5. The molecule has 0 aromatic carbocycles. The molecular weight excluding hydrogens is 228 g/mol. The van der Waals surface area contributed by atoms with Crippen molar-refractivity contribution in [3.63, 3.8) is 0 Å². The zero-order valence-corrected chi connectivity index (χ0v) is 9.72. The summed E-state index contributed by atoms with van der Waals surface area (Å²) in [5.74, 6) is 0.00987. The molecule has 0 bridgehead atoms. The Hall–Kier alpha value is -1.47. The average Bonchev–Trinajstić information content (AvgIpc) is 2.72. The van der Waals surface area contributed by atoms with Crippen LogP contribution in [0.4, 0.5) is 0 Å². The molecule has 1 N–H and O–H groups in total. The molecule has 0 saturated carbocycles. The van der Waals surface area contributed by atoms with Gasteiger partial charge in [0.15, 0.2) is 0 Å². The molecule has 1 rings (SSSR count). The third kappa shape index (κ3) is 5.98. The van der Waals surface area contributed by atoms with Crippen molar-refractivity contribution in [2.75, 3.05) is 20.3 Å². The number of carboxylic acid groups (broad SMARTS) is 1. The smallest absolute Gasteiger partial charge is 0.303 e. The van der Waals surface area contributed by atoms with E-state index in [4.69, 9.17) is 19.0 Å². The van der Waals surface area contributed by atoms with Crippen LogP contribution in [-0.2, 0) is 27.3 Å². The lowest BCUT2D eigenvalue weighted by atomic mass is 10.2. The summed E-state index contributed by atoms with van der Waals surface area (Å²) in [4.78, 5) is 10.3. The standard InChI is InChI=1S/C10H16N2O5/c1-15-5-6-16-7-9-12-11-8(17-9)3-2-4-10(13)14/h2-7H2,1H3,(H,13,14). The first kappa shape index (κ1) is 13.6. The lowest BCUT2D eigenvalue weighted by molar-refractivity contribution is -0.137. The Morgan fingerprint density at radius 3 is 2.82 bits per heavy atom. The van der Waals surface area contributed by atoms with Gasteiger partial charge in [-0.1, -0.05) is 0 Å². The number of nitrogens with zero attached hydrogens (tertiary/aromatic N) is 2. The minimum Gasteiger partial charge on any atom is -0.481 e. The highest BCUT2D eigenvalue weighted by Crippen LogP contribution is 2.05. The number of methoxy groups -OCH3 is 1. The number of hydrogen-bond donors (Lipinski definition) is 1. The molecule has 7 heteroatoms. The predicted octanol–water partition coefficient (Wildman–Crippen LogP) is 0.640. The molecule has 17 heavy (non-hydrogen) atoms. The maximum atomic E-state index is 10.3. The summed E-state index contributed by atoms with van der Waals surface area (Å²) in [5, 5.41) is 16.0. The topological polar surface area (TPSA) is 94.7 Å². The third-order valence-corrected chi connectivity index (χ3v) is 1.95. The third-order valence-electron chi connectivity index (χ3n) is 1.95. The molecule has 0 aliphatic carbocycles. The second kappa shape index (κ2) is 7.75. The van der Waals surface area contributed by atoms with Gasteiger partial charge in [0, 0.05) is 20.0 Å². The Morgan fingerprint density at radius 1 is 1.35 bits per heavy atom. The number of rotatable bonds is 9. The second-order valence-electron chi connectivity index (χ2n) is 3.38. The average molecular weight is 244 g/mol. The van der Waals surface area contributed by atoms with E-state index < -0.39 is 5.97 Å². The molecule has 1 aromatic rings. The minimum absolute atomic E-state index is 0.0993. The number of carboxylic acids is 1. The molecule has 0 spiro atoms. The van der Waals surface area contributed by atoms with Gasteiger partial charge >= 0.3 is 5.97 Å². The summed E-state index contributed by atoms with van der Waals surface area (Å²) in [7, 11) is 1.59. The van der Waals surface area contributed by atoms with E-state index in [1.54, 1.807) is 7.11 Å². The van der Waals surface area contributed by atoms with Crippen LogP contribution in [0.5, 0.6) is 0 Å². The van der Waals surface area contributed by atoms with Crippen molar-refractivity contribution in [3.05, 3.63) is 11.8 Å². The Morgan fingerprint density at radius 2 is 2.12 bits per heavy atom. The number of aliphatic carboxylic acids is 1. The predicted molar refractivity (Wildman–Crippen MR) is 56.4 cm³/mol. The van der Waals surface area contributed by atoms with E-state index in [1.807, 2.05) is 0 Å². The highest BCUT2D eigenvalue weighted by molar-refractivity contribution is 5.66. The molecule has 0 aliphatic rings. The maximum Gasteiger partial charge on any atom is 0.303 e. The van der Waals surface area contributed by atoms with Crippen molar-refractivity contribution in [3.8, 4) is 0 Å². The van der Waals surface area contributed by atoms with E-state index in [0.29, 0.717) is 37.8 Å². The van der Waals surface area contributed by atoms with E-state index in [9.17, 15) is 4.79 Å². The fourth-order valence-corrected chi connectivity index (χ4v) is 1.14. The van der Waals surface area contributed by atoms with Crippen LogP contribution in [0.25, 0.3) is 0 Å². The van der Waals surface area contributed by atoms with Gasteiger partial charge in [-0.25, -0.2) is 0 Å². The maximum absolute atomic E-state index is 10.3. The molecule has 96 valence electrons. The molecule has 1 heterocycles. The Labute approximate surface area is 98.7 Å². The van der Waals surface area contributed by atoms with Crippen LogP contribution in [0, 0.1) is 0 Å². The summed E-state index contributed by atoms with van der Waals surface area (Å²) in [6, 6.07) is 0. The first-order chi connectivity index (χ1) is 8.22. The lowest BCUT2D eigenvalue weighted by Crippen LogP contribution is -2.01. The van der Waals surface area contributed by atoms with E-state index in [1.165, 1.54) is 0 Å². The van der Waals surface area contributed by atoms with Crippen LogP contribution < -0.4 is 0 Å². The molecule has 0 saturated heterocycles. The number of hydrogen-bond acceptors (Lipinski definition) is 6. The van der Waals surface area contributed by atoms with Crippen LogP contribution in [0.3, 0.4) is 0 Å². The second-order valence-corrected chi connectivity index (χ2v) is 3.38. The van der Waals surface area contributed by atoms with E-state index in [-0.39, 0.29) is 13.0 Å². The van der Waals surface area contributed by atoms with Crippen molar-refractivity contribution in [2.45, 2.75) is 25.9 Å². The van der Waals surface area contributed by atoms with Crippen LogP contribution >= 0.6 is 0 Å². The van der Waals surface area contributed by atoms with Crippen LogP contribution in [0.2, 0.25) is 0 Å². The Bertz CT molecular complexity index is 339. The molecule has 0 atom stereocenters. The monoisotopic (exact) mass is 244 g/mol. The molecule has 0 amide bonds. The van der Waals surface area contributed by atoms with Crippen molar-refractivity contribution >= 4 is 5.97 Å². The zero-order chi connectivity index (χ0) is 12.5. The van der Waals surface area contributed by atoms with Gasteiger partial charge in [0.25, 0.3) is 0 Å². The summed E-state index contributed by atoms with van der Waals surface area (Å²) in [6.07, 6.45) is 1.06. The highest BCUT2D eigenvalue weighted by Gasteiger charge is 2.07. The van der Waals surface area contributed by atoms with E-state index in [2.05, 4.69) is 10.2 Å². The van der Waals surface area contributed by atoms with Gasteiger partial charge in [0.2, 0.25) is 11.8 Å². The van der Waals surface area contributed by atoms with Crippen LogP contribution in [0.1, 0.15) is 24.6 Å². The quantitative estimate of drug-likeness (QED) is 0.637. The van der Waals surface area contributed by atoms with E-state index in [0.717, 1.165) is 0 Å². The summed E-state index contributed by atoms with van der Waals surface area (Å²) in [6.45, 7) is 1.22. The van der Waals surface area contributed by atoms with Crippen LogP contribution in [0.15, 0.2) is 4.42 Å². The van der Waals surface area contributed by atoms with Gasteiger partial charge in [0.1, 0.15) is 6.61 Å². The number of ether oxygens (including phenoxy) is 2. The van der Waals surface area contributed by atoms with Gasteiger partial charge < -0.3 is 19.0 Å². The number of aryl methyl sites for hydroxylation is 1. The molecule has 0 fully saturated rings. The molecule has 1 aromatic heterocycles. The summed E-state index contributed by atoms with van der Waals surface area (Å²) >= 11 is 0. The lowest BCUT2D eigenvalue weighted by Gasteiger charge is -1.98. The molecule has 0 unspecified atom stereocenters. The van der Waals surface area contributed by atoms with Crippen molar-refractivity contribution in [2.24, 2.45) is 0 Å². The van der Waals surface area contributed by atoms with Gasteiger partial charge in [-0.15, -0.1) is 10.2 Å². The molecular formula is C10H16N2O5. The van der Waals surface area contributed by atoms with Gasteiger partial charge in [-0.2, -0.15) is 0 Å². The molecule has 7 nitrogen and oxygen atoms in total. The molecule has 0 aliphatic heterocycles. The SMILES string of the molecule is COCCOCc1nnc(CCCC(=O)O)o1. The Balaban J connectivity index is 2.20. The van der Waals surface area contributed by atoms with E-state index >= 15 is 0 Å². The first-order valence-electron chi connectivity index (χ1n) is 5.32. The fourth-order valence-electron chi connectivity index (χ4n) is 1.14. The van der Waals surface area contributed by atoms with Crippen molar-refractivity contribution in [1.82, 2.24) is 10.2 Å². The van der Waals surface area contributed by atoms with Gasteiger partial charge in [0.05, 0.1) is 13.2 Å². The number of carbonyl (C=O) groups is 1. The Kier molecular flexibility index (Phi) is 6.19.